The summed E-state index contributed by atoms with van der Waals surface area (Å²) in [5.41, 5.74) is 0.330. The molecule has 1 rings (SSSR count). The predicted octanol–water partition coefficient (Wildman–Crippen LogP) is 2.87. The lowest BCUT2D eigenvalue weighted by Gasteiger charge is -2.14. The normalized spacial score (nSPS) is 13.0. The molecule has 126 valence electrons. The zero-order chi connectivity index (χ0) is 17.4. The van der Waals surface area contributed by atoms with E-state index in [4.69, 9.17) is 9.47 Å². The molecule has 0 radical (unpaired) electrons. The third-order valence-electron chi connectivity index (χ3n) is 2.99. The summed E-state index contributed by atoms with van der Waals surface area (Å²) in [6.07, 6.45) is -0.387. The van der Waals surface area contributed by atoms with Gasteiger partial charge in [0.1, 0.15) is 11.5 Å². The predicted molar refractivity (Wildman–Crippen MR) is 85.0 cm³/mol. The van der Waals surface area contributed by atoms with Crippen LogP contribution in [0, 0.1) is 0 Å². The molecule has 23 heavy (non-hydrogen) atoms. The molecular weight excluding hydrogens is 300 g/mol. The first-order valence-electron chi connectivity index (χ1n) is 7.40. The third kappa shape index (κ3) is 5.41. The van der Waals surface area contributed by atoms with E-state index in [0.29, 0.717) is 17.9 Å². The number of Topliss-reactive ketones (excluding diaryl/α,β-unsaturated/α-hetero) is 1. The molecule has 6 heteroatoms. The van der Waals surface area contributed by atoms with Gasteiger partial charge in [-0.3, -0.25) is 4.79 Å². The summed E-state index contributed by atoms with van der Waals surface area (Å²) in [4.78, 5) is 23.2. The monoisotopic (exact) mass is 322 g/mol. The number of benzene rings is 1. The number of aliphatic hydroxyl groups is 1. The average Bonchev–Trinajstić information content (AvgIpc) is 2.54. The Balaban J connectivity index is 2.87. The van der Waals surface area contributed by atoms with Crippen molar-refractivity contribution < 1.29 is 28.9 Å². The van der Waals surface area contributed by atoms with Gasteiger partial charge in [-0.1, -0.05) is 0 Å². The Morgan fingerprint density at radius 2 is 1.74 bits per heavy atom. The van der Waals surface area contributed by atoms with Crippen LogP contribution in [0.1, 0.15) is 33.3 Å². The Labute approximate surface area is 135 Å². The molecule has 0 fully saturated rings. The molecule has 0 aromatic heterocycles. The summed E-state index contributed by atoms with van der Waals surface area (Å²) < 4.78 is 15.4. The molecule has 0 heterocycles. The van der Waals surface area contributed by atoms with Crippen molar-refractivity contribution in [2.45, 2.75) is 34.0 Å². The summed E-state index contributed by atoms with van der Waals surface area (Å²) in [5.74, 6) is -1.55. The highest BCUT2D eigenvalue weighted by atomic mass is 16.7. The molecule has 1 N–H and O–H groups in total. The van der Waals surface area contributed by atoms with E-state index in [9.17, 15) is 14.7 Å². The molecule has 0 amide bonds. The van der Waals surface area contributed by atoms with Gasteiger partial charge in [0.15, 0.2) is 6.29 Å². The maximum atomic E-state index is 11.8. The van der Waals surface area contributed by atoms with Crippen LogP contribution in [-0.4, -0.2) is 36.4 Å². The molecule has 0 spiro atoms. The van der Waals surface area contributed by atoms with Crippen LogP contribution in [-0.2, 0) is 19.1 Å². The number of hydrogen-bond acceptors (Lipinski definition) is 6. The molecule has 1 atom stereocenters. The summed E-state index contributed by atoms with van der Waals surface area (Å²) >= 11 is 0. The SMILES string of the molecule is CCOC(=O)C(=O)/C(C)=C(\O)c1ccc(OC(C)OCC)cc1. The van der Waals surface area contributed by atoms with E-state index >= 15 is 0 Å². The van der Waals surface area contributed by atoms with E-state index in [1.165, 1.54) is 6.92 Å². The zero-order valence-corrected chi connectivity index (χ0v) is 13.8. The number of aliphatic hydroxyl groups excluding tert-OH is 1. The lowest BCUT2D eigenvalue weighted by atomic mass is 10.1. The molecule has 0 saturated carbocycles. The Kier molecular flexibility index (Phi) is 7.28. The van der Waals surface area contributed by atoms with E-state index in [0.717, 1.165) is 0 Å². The Morgan fingerprint density at radius 1 is 1.13 bits per heavy atom. The second-order valence-electron chi connectivity index (χ2n) is 4.69. The number of carbonyl (C=O) groups is 2. The fourth-order valence-corrected chi connectivity index (χ4v) is 1.83. The number of ether oxygens (including phenoxy) is 3. The lowest BCUT2D eigenvalue weighted by Crippen LogP contribution is -2.19. The molecule has 0 aliphatic heterocycles. The van der Waals surface area contributed by atoms with Crippen LogP contribution < -0.4 is 4.74 Å². The van der Waals surface area contributed by atoms with Crippen LogP contribution in [0.15, 0.2) is 29.8 Å². The van der Waals surface area contributed by atoms with Crippen LogP contribution in [0.5, 0.6) is 5.75 Å². The highest BCUT2D eigenvalue weighted by Gasteiger charge is 2.21. The van der Waals surface area contributed by atoms with Gasteiger partial charge >= 0.3 is 5.97 Å². The van der Waals surface area contributed by atoms with Crippen molar-refractivity contribution in [1.29, 1.82) is 0 Å². The number of rotatable bonds is 8. The lowest BCUT2D eigenvalue weighted by molar-refractivity contribution is -0.151. The molecule has 0 aliphatic rings. The van der Waals surface area contributed by atoms with Gasteiger partial charge in [0.05, 0.1) is 6.61 Å². The van der Waals surface area contributed by atoms with Gasteiger partial charge in [0, 0.05) is 17.7 Å². The molecule has 0 aliphatic carbocycles. The Bertz CT molecular complexity index is 573. The largest absolute Gasteiger partial charge is 0.507 e. The van der Waals surface area contributed by atoms with Crippen molar-refractivity contribution in [3.05, 3.63) is 35.4 Å². The first kappa shape index (κ1) is 18.7. The summed E-state index contributed by atoms with van der Waals surface area (Å²) in [6, 6.07) is 6.46. The van der Waals surface area contributed by atoms with Gasteiger partial charge < -0.3 is 19.3 Å². The minimum atomic E-state index is -0.984. The summed E-state index contributed by atoms with van der Waals surface area (Å²) in [6.45, 7) is 7.26. The second-order valence-corrected chi connectivity index (χ2v) is 4.69. The molecule has 0 bridgehead atoms. The van der Waals surface area contributed by atoms with Crippen molar-refractivity contribution >= 4 is 17.5 Å². The number of ketones is 1. The van der Waals surface area contributed by atoms with Gasteiger partial charge in [-0.05, 0) is 52.0 Å². The second kappa shape index (κ2) is 8.95. The highest BCUT2D eigenvalue weighted by molar-refractivity contribution is 6.41. The van der Waals surface area contributed by atoms with Gasteiger partial charge in [-0.2, -0.15) is 0 Å². The molecule has 1 aromatic rings. The smallest absolute Gasteiger partial charge is 0.379 e. The molecule has 1 aromatic carbocycles. The van der Waals surface area contributed by atoms with Crippen molar-refractivity contribution in [3.63, 3.8) is 0 Å². The standard InChI is InChI=1S/C17H22O6/c1-5-21-12(4)23-14-9-7-13(8-10-14)15(18)11(3)16(19)17(20)22-6-2/h7-10,12,18H,5-6H2,1-4H3/b15-11-. The van der Waals surface area contributed by atoms with Crippen molar-refractivity contribution in [1.82, 2.24) is 0 Å². The Morgan fingerprint density at radius 3 is 2.26 bits per heavy atom. The van der Waals surface area contributed by atoms with E-state index in [1.807, 2.05) is 6.92 Å². The number of carbonyl (C=O) groups excluding carboxylic acids is 2. The maximum Gasteiger partial charge on any atom is 0.379 e. The fraction of sp³-hybridized carbons (Fsp3) is 0.412. The van der Waals surface area contributed by atoms with Gasteiger partial charge in [0.25, 0.3) is 5.78 Å². The first-order chi connectivity index (χ1) is 10.9. The van der Waals surface area contributed by atoms with Gasteiger partial charge in [0.2, 0.25) is 0 Å². The first-order valence-corrected chi connectivity index (χ1v) is 7.40. The van der Waals surface area contributed by atoms with Crippen LogP contribution in [0.2, 0.25) is 0 Å². The maximum absolute atomic E-state index is 11.8. The molecule has 0 saturated heterocycles. The molecular formula is C17H22O6. The van der Waals surface area contributed by atoms with Crippen LogP contribution in [0.4, 0.5) is 0 Å². The van der Waals surface area contributed by atoms with E-state index in [-0.39, 0.29) is 24.2 Å². The third-order valence-corrected chi connectivity index (χ3v) is 2.99. The molecule has 6 nitrogen and oxygen atoms in total. The minimum Gasteiger partial charge on any atom is -0.507 e. The Hall–Kier alpha value is -2.34. The van der Waals surface area contributed by atoms with Crippen molar-refractivity contribution in [3.8, 4) is 5.75 Å². The van der Waals surface area contributed by atoms with E-state index in [2.05, 4.69) is 4.74 Å². The van der Waals surface area contributed by atoms with Crippen molar-refractivity contribution in [2.75, 3.05) is 13.2 Å². The highest BCUT2D eigenvalue weighted by Crippen LogP contribution is 2.21. The van der Waals surface area contributed by atoms with Gasteiger partial charge in [-0.15, -0.1) is 0 Å². The number of esters is 1. The average molecular weight is 322 g/mol. The zero-order valence-electron chi connectivity index (χ0n) is 13.8. The quantitative estimate of drug-likeness (QED) is 0.260. The number of hydrogen-bond donors (Lipinski definition) is 1. The topological polar surface area (TPSA) is 82.1 Å². The molecule has 1 unspecified atom stereocenters. The van der Waals surface area contributed by atoms with E-state index in [1.54, 1.807) is 38.1 Å². The van der Waals surface area contributed by atoms with Crippen LogP contribution in [0.3, 0.4) is 0 Å². The minimum absolute atomic E-state index is 0.0696. The van der Waals surface area contributed by atoms with E-state index < -0.39 is 11.8 Å². The van der Waals surface area contributed by atoms with Gasteiger partial charge in [-0.25, -0.2) is 4.79 Å². The van der Waals surface area contributed by atoms with Crippen LogP contribution in [0.25, 0.3) is 5.76 Å². The fourth-order valence-electron chi connectivity index (χ4n) is 1.83. The van der Waals surface area contributed by atoms with Crippen molar-refractivity contribution in [2.24, 2.45) is 0 Å². The summed E-state index contributed by atoms with van der Waals surface area (Å²) in [5, 5.41) is 10.1. The van der Waals surface area contributed by atoms with Crippen LogP contribution >= 0.6 is 0 Å². The summed E-state index contributed by atoms with van der Waals surface area (Å²) in [7, 11) is 0.